The summed E-state index contributed by atoms with van der Waals surface area (Å²) < 4.78 is 7.34. The average molecular weight is 586 g/mol. The smallest absolute Gasteiger partial charge is 0.246 e. The number of carbonyl (C=O) groups excluding carboxylic acids is 2. The van der Waals surface area contributed by atoms with Crippen molar-refractivity contribution in [2.75, 3.05) is 51.3 Å². The first-order valence-corrected chi connectivity index (χ1v) is 14.6. The van der Waals surface area contributed by atoms with Crippen molar-refractivity contribution in [3.8, 4) is 16.9 Å². The molecule has 5 rings (SSSR count). The second-order valence-electron chi connectivity index (χ2n) is 10.6. The number of carbonyl (C=O) groups is 2. The molecule has 9 heteroatoms. The first kappa shape index (κ1) is 29.5. The van der Waals surface area contributed by atoms with Crippen molar-refractivity contribution in [3.05, 3.63) is 101 Å². The number of morpholine rings is 1. The lowest BCUT2D eigenvalue weighted by atomic mass is 10.1. The summed E-state index contributed by atoms with van der Waals surface area (Å²) in [7, 11) is 0. The van der Waals surface area contributed by atoms with Crippen LogP contribution in [0, 0.1) is 13.8 Å². The standard InChI is InChI=1S/C33H36ClN5O3/c1-24-8-13-29(20-25(24)2)39-22-30(27-9-11-28(34)12-10-27)35-33(39)36-31(40)23-38(15-14-37-16-18-42-19-17-37)32(41)21-26-6-4-3-5-7-26/h3-13,20,22H,14-19,21,23H2,1-2H3,(H,35,36,40). The van der Waals surface area contributed by atoms with E-state index in [0.29, 0.717) is 43.0 Å². The highest BCUT2D eigenvalue weighted by Gasteiger charge is 2.22. The van der Waals surface area contributed by atoms with Crippen LogP contribution in [0.1, 0.15) is 16.7 Å². The van der Waals surface area contributed by atoms with Crippen LogP contribution >= 0.6 is 11.6 Å². The lowest BCUT2D eigenvalue weighted by Gasteiger charge is -2.30. The predicted molar refractivity (Wildman–Crippen MR) is 166 cm³/mol. The van der Waals surface area contributed by atoms with E-state index in [1.54, 1.807) is 4.90 Å². The fourth-order valence-corrected chi connectivity index (χ4v) is 5.03. The number of anilines is 1. The molecule has 1 aliphatic rings. The van der Waals surface area contributed by atoms with Gasteiger partial charge in [-0.1, -0.05) is 60.1 Å². The zero-order chi connectivity index (χ0) is 29.5. The lowest BCUT2D eigenvalue weighted by Crippen LogP contribution is -2.45. The Hall–Kier alpha value is -3.98. The van der Waals surface area contributed by atoms with Gasteiger partial charge in [-0.25, -0.2) is 4.98 Å². The first-order valence-electron chi connectivity index (χ1n) is 14.2. The molecule has 0 saturated carbocycles. The minimum absolute atomic E-state index is 0.0773. The Morgan fingerprint density at radius 3 is 2.43 bits per heavy atom. The number of nitrogens with zero attached hydrogens (tertiary/aromatic N) is 4. The molecular formula is C33H36ClN5O3. The molecule has 0 bridgehead atoms. The molecule has 0 aliphatic carbocycles. The molecule has 2 amide bonds. The summed E-state index contributed by atoms with van der Waals surface area (Å²) in [4.78, 5) is 35.6. The van der Waals surface area contributed by atoms with Crippen LogP contribution in [0.4, 0.5) is 5.95 Å². The van der Waals surface area contributed by atoms with Crippen LogP contribution in [0.3, 0.4) is 0 Å². The summed E-state index contributed by atoms with van der Waals surface area (Å²) in [6, 6.07) is 23.2. The van der Waals surface area contributed by atoms with Gasteiger partial charge in [-0.05, 0) is 54.8 Å². The molecule has 3 aromatic carbocycles. The Bertz CT molecular complexity index is 1510. The van der Waals surface area contributed by atoms with Gasteiger partial charge in [0.15, 0.2) is 0 Å². The quantitative estimate of drug-likeness (QED) is 0.278. The summed E-state index contributed by atoms with van der Waals surface area (Å²) in [5.41, 5.74) is 5.68. The number of nitrogens with one attached hydrogen (secondary N) is 1. The Kier molecular flexibility index (Phi) is 9.69. The zero-order valence-corrected chi connectivity index (χ0v) is 24.8. The van der Waals surface area contributed by atoms with E-state index >= 15 is 0 Å². The summed E-state index contributed by atoms with van der Waals surface area (Å²) in [6.07, 6.45) is 2.13. The van der Waals surface area contributed by atoms with Crippen molar-refractivity contribution in [1.82, 2.24) is 19.4 Å². The minimum Gasteiger partial charge on any atom is -0.379 e. The average Bonchev–Trinajstić information content (AvgIpc) is 3.41. The van der Waals surface area contributed by atoms with Gasteiger partial charge in [0.1, 0.15) is 0 Å². The number of aryl methyl sites for hydroxylation is 2. The third kappa shape index (κ3) is 7.64. The molecule has 1 N–H and O–H groups in total. The fraction of sp³-hybridized carbons (Fsp3) is 0.303. The second-order valence-corrected chi connectivity index (χ2v) is 11.0. The van der Waals surface area contributed by atoms with Gasteiger partial charge in [0.2, 0.25) is 17.8 Å². The van der Waals surface area contributed by atoms with Gasteiger partial charge in [-0.2, -0.15) is 0 Å². The molecule has 218 valence electrons. The summed E-state index contributed by atoms with van der Waals surface area (Å²) >= 11 is 6.11. The number of hydrogen-bond acceptors (Lipinski definition) is 5. The van der Waals surface area contributed by atoms with Crippen LogP contribution in [0.2, 0.25) is 5.02 Å². The molecule has 8 nitrogen and oxygen atoms in total. The van der Waals surface area contributed by atoms with E-state index in [0.717, 1.165) is 35.5 Å². The van der Waals surface area contributed by atoms with E-state index in [1.807, 2.05) is 77.5 Å². The van der Waals surface area contributed by atoms with Gasteiger partial charge in [0, 0.05) is 48.6 Å². The number of aromatic nitrogens is 2. The molecule has 0 spiro atoms. The molecule has 1 aromatic heterocycles. The van der Waals surface area contributed by atoms with Crippen LogP contribution in [0.15, 0.2) is 79.0 Å². The van der Waals surface area contributed by atoms with E-state index in [2.05, 4.69) is 30.1 Å². The maximum absolute atomic E-state index is 13.5. The number of amides is 2. The maximum atomic E-state index is 13.5. The largest absolute Gasteiger partial charge is 0.379 e. The van der Waals surface area contributed by atoms with E-state index in [9.17, 15) is 9.59 Å². The molecule has 0 atom stereocenters. The van der Waals surface area contributed by atoms with Gasteiger partial charge >= 0.3 is 0 Å². The maximum Gasteiger partial charge on any atom is 0.246 e. The molecule has 1 fully saturated rings. The number of benzene rings is 3. The van der Waals surface area contributed by atoms with E-state index in [-0.39, 0.29) is 24.8 Å². The van der Waals surface area contributed by atoms with Crippen LogP contribution in [0.5, 0.6) is 0 Å². The van der Waals surface area contributed by atoms with Crippen LogP contribution < -0.4 is 5.32 Å². The van der Waals surface area contributed by atoms with E-state index < -0.39 is 0 Å². The molecule has 1 aliphatic heterocycles. The molecular weight excluding hydrogens is 550 g/mol. The summed E-state index contributed by atoms with van der Waals surface area (Å²) in [5.74, 6) is -0.0162. The normalized spacial score (nSPS) is 13.6. The number of imidazole rings is 1. The van der Waals surface area contributed by atoms with Gasteiger partial charge < -0.3 is 9.64 Å². The van der Waals surface area contributed by atoms with Crippen molar-refractivity contribution in [1.29, 1.82) is 0 Å². The van der Waals surface area contributed by atoms with Crippen molar-refractivity contribution >= 4 is 29.4 Å². The monoisotopic (exact) mass is 585 g/mol. The van der Waals surface area contributed by atoms with Gasteiger partial charge in [-0.3, -0.25) is 24.4 Å². The van der Waals surface area contributed by atoms with Gasteiger partial charge in [-0.15, -0.1) is 0 Å². The fourth-order valence-electron chi connectivity index (χ4n) is 4.90. The lowest BCUT2D eigenvalue weighted by molar-refractivity contribution is -0.134. The number of hydrogen-bond donors (Lipinski definition) is 1. The Morgan fingerprint density at radius 2 is 1.71 bits per heavy atom. The minimum atomic E-state index is -0.309. The number of ether oxygens (including phenoxy) is 1. The van der Waals surface area contributed by atoms with Gasteiger partial charge in [0.25, 0.3) is 0 Å². The van der Waals surface area contributed by atoms with Crippen molar-refractivity contribution in [3.63, 3.8) is 0 Å². The van der Waals surface area contributed by atoms with E-state index in [1.165, 1.54) is 5.56 Å². The van der Waals surface area contributed by atoms with Crippen LogP contribution in [-0.2, 0) is 20.7 Å². The van der Waals surface area contributed by atoms with Crippen LogP contribution in [-0.4, -0.2) is 77.1 Å². The van der Waals surface area contributed by atoms with Crippen molar-refractivity contribution < 1.29 is 14.3 Å². The number of halogens is 1. The molecule has 42 heavy (non-hydrogen) atoms. The Morgan fingerprint density at radius 1 is 0.976 bits per heavy atom. The van der Waals surface area contributed by atoms with Crippen molar-refractivity contribution in [2.45, 2.75) is 20.3 Å². The van der Waals surface area contributed by atoms with Crippen molar-refractivity contribution in [2.24, 2.45) is 0 Å². The Labute approximate surface area is 251 Å². The second kappa shape index (κ2) is 13.8. The topological polar surface area (TPSA) is 79.7 Å². The van der Waals surface area contributed by atoms with Crippen LogP contribution in [0.25, 0.3) is 16.9 Å². The zero-order valence-electron chi connectivity index (χ0n) is 24.1. The Balaban J connectivity index is 1.37. The van der Waals surface area contributed by atoms with Gasteiger partial charge in [0.05, 0.1) is 31.9 Å². The molecule has 2 heterocycles. The summed E-state index contributed by atoms with van der Waals surface area (Å²) in [5, 5.41) is 3.63. The highest BCUT2D eigenvalue weighted by Crippen LogP contribution is 2.26. The molecule has 4 aromatic rings. The highest BCUT2D eigenvalue weighted by molar-refractivity contribution is 6.30. The first-order chi connectivity index (χ1) is 20.4. The third-order valence-electron chi connectivity index (χ3n) is 7.54. The predicted octanol–water partition coefficient (Wildman–Crippen LogP) is 5.15. The highest BCUT2D eigenvalue weighted by atomic mass is 35.5. The van der Waals surface area contributed by atoms with E-state index in [4.69, 9.17) is 21.3 Å². The third-order valence-corrected chi connectivity index (χ3v) is 7.79. The summed E-state index contributed by atoms with van der Waals surface area (Å²) in [6.45, 7) is 8.14. The number of rotatable bonds is 10. The molecule has 0 unspecified atom stereocenters. The SMILES string of the molecule is Cc1ccc(-n2cc(-c3ccc(Cl)cc3)nc2NC(=O)CN(CCN2CCOCC2)C(=O)Cc2ccccc2)cc1C. The molecule has 1 saturated heterocycles. The molecule has 0 radical (unpaired) electrons.